The van der Waals surface area contributed by atoms with Gasteiger partial charge in [-0.3, -0.25) is 0 Å². The maximum Gasteiger partial charge on any atom is 0.192 e. The van der Waals surface area contributed by atoms with Gasteiger partial charge in [0.2, 0.25) is 0 Å². The Kier molecular flexibility index (Phi) is 12.4. The Morgan fingerprint density at radius 2 is 1.69 bits per heavy atom. The van der Waals surface area contributed by atoms with E-state index in [1.54, 1.807) is 0 Å². The van der Waals surface area contributed by atoms with Crippen LogP contribution in [0.25, 0.3) is 0 Å². The summed E-state index contributed by atoms with van der Waals surface area (Å²) in [5.74, 6) is 5.63. The first kappa shape index (κ1) is 33.3. The first-order valence-corrected chi connectivity index (χ1v) is 19.0. The molecule has 0 saturated carbocycles. The number of aliphatic hydroxyl groups is 2. The molecule has 0 amide bonds. The molecule has 1 aliphatic rings. The smallest absolute Gasteiger partial charge is 0.192 e. The topological polar surface area (TPSA) is 71.4 Å². The van der Waals surface area contributed by atoms with Crippen LogP contribution in [0.5, 0.6) is 0 Å². The van der Waals surface area contributed by atoms with Crippen LogP contribution in [0.2, 0.25) is 36.3 Å². The fourth-order valence-corrected chi connectivity index (χ4v) is 8.49. The zero-order chi connectivity index (χ0) is 27.9. The second-order valence-electron chi connectivity index (χ2n) is 12.1. The van der Waals surface area contributed by atoms with Gasteiger partial charge in [-0.1, -0.05) is 47.5 Å². The zero-order valence-corrected chi connectivity index (χ0v) is 26.8. The first-order valence-electron chi connectivity index (χ1n) is 13.5. The van der Waals surface area contributed by atoms with Crippen molar-refractivity contribution in [3.63, 3.8) is 0 Å². The van der Waals surface area contributed by atoms with Crippen molar-refractivity contribution in [3.8, 4) is 23.8 Å². The minimum absolute atomic E-state index is 0.0516. The lowest BCUT2D eigenvalue weighted by Gasteiger charge is -2.48. The molecule has 6 atom stereocenters. The van der Waals surface area contributed by atoms with E-state index in [4.69, 9.17) is 20.3 Å². The fraction of sp³-hybridized carbons (Fsp3) is 0.857. The highest BCUT2D eigenvalue weighted by Gasteiger charge is 2.47. The normalized spacial score (nSPS) is 26.0. The summed E-state index contributed by atoms with van der Waals surface area (Å²) in [5, 5.41) is 21.5. The summed E-state index contributed by atoms with van der Waals surface area (Å²) < 4.78 is 19.2. The molecule has 1 fully saturated rings. The third-order valence-electron chi connectivity index (χ3n) is 8.51. The van der Waals surface area contributed by atoms with Crippen LogP contribution in [0.4, 0.5) is 0 Å². The van der Waals surface area contributed by atoms with Gasteiger partial charge in [-0.2, -0.15) is 0 Å². The van der Waals surface area contributed by atoms with Crippen LogP contribution in [-0.4, -0.2) is 88.5 Å². The van der Waals surface area contributed by atoms with E-state index in [0.717, 1.165) is 18.1 Å². The van der Waals surface area contributed by atoms with E-state index in [-0.39, 0.29) is 29.7 Å². The number of nitrogens with zero attached hydrogens (tertiary/aromatic N) is 1. The Morgan fingerprint density at radius 1 is 1.14 bits per heavy atom. The Hall–Kier alpha value is -0.686. The molecule has 0 unspecified atom stereocenters. The SMILES string of the molecule is C#C[C@](O)(CC#C[Si](CC)(CC)CC)[C@@H](CO)O[C@H]1C[C@H](O[Si](C)(C)C(C)(C)C)[C@H](N(C)C)[C@H](C)O1. The molecule has 1 rings (SSSR count). The predicted octanol–water partition coefficient (Wildman–Crippen LogP) is 4.62. The average molecular weight is 540 g/mol. The van der Waals surface area contributed by atoms with Crippen LogP contribution in [0.15, 0.2) is 0 Å². The maximum atomic E-state index is 11.3. The molecule has 0 radical (unpaired) electrons. The summed E-state index contributed by atoms with van der Waals surface area (Å²) in [4.78, 5) is 2.14. The Morgan fingerprint density at radius 3 is 2.11 bits per heavy atom. The van der Waals surface area contributed by atoms with Crippen LogP contribution in [0.1, 0.15) is 61.3 Å². The van der Waals surface area contributed by atoms with E-state index in [2.05, 4.69) is 76.9 Å². The molecular formula is C28H53NO5Si2. The molecule has 208 valence electrons. The summed E-state index contributed by atoms with van der Waals surface area (Å²) in [6.45, 7) is 19.3. The number of hydrogen-bond acceptors (Lipinski definition) is 6. The summed E-state index contributed by atoms with van der Waals surface area (Å²) in [5.41, 5.74) is 1.76. The number of aliphatic hydroxyl groups excluding tert-OH is 1. The van der Waals surface area contributed by atoms with Crippen LogP contribution in [0, 0.1) is 23.8 Å². The van der Waals surface area contributed by atoms with Crippen molar-refractivity contribution in [1.82, 2.24) is 4.90 Å². The number of likely N-dealkylation sites (N-methyl/N-ethyl adjacent to an activating group) is 1. The third kappa shape index (κ3) is 8.15. The van der Waals surface area contributed by atoms with Crippen molar-refractivity contribution >= 4 is 16.4 Å². The highest BCUT2D eigenvalue weighted by atomic mass is 28.4. The number of terminal acetylenes is 1. The molecule has 8 heteroatoms. The predicted molar refractivity (Wildman–Crippen MR) is 154 cm³/mol. The monoisotopic (exact) mass is 539 g/mol. The summed E-state index contributed by atoms with van der Waals surface area (Å²) in [7, 11) is 0.328. The van der Waals surface area contributed by atoms with Gasteiger partial charge in [-0.25, -0.2) is 0 Å². The lowest BCUT2D eigenvalue weighted by atomic mass is 9.93. The van der Waals surface area contributed by atoms with E-state index >= 15 is 0 Å². The van der Waals surface area contributed by atoms with Crippen LogP contribution in [0.3, 0.4) is 0 Å². The van der Waals surface area contributed by atoms with Crippen LogP contribution >= 0.6 is 0 Å². The van der Waals surface area contributed by atoms with E-state index in [9.17, 15) is 10.2 Å². The van der Waals surface area contributed by atoms with E-state index < -0.39 is 41.0 Å². The molecule has 6 nitrogen and oxygen atoms in total. The standard InChI is InChI=1S/C28H53NO5Si2/c1-13-28(31,18-17-19-36(14-2,15-3)16-4)24(21-30)33-25-20-23(26(29(9)10)22(5)32-25)34-35(11,12)27(6,7)8/h1,22-26,30-31H,14-16,18,20-21H2,2-12H3/t22-,23-,24+,25-,26+,28-/m0/s1. The van der Waals surface area contributed by atoms with Gasteiger partial charge in [-0.05, 0) is 57.3 Å². The lowest BCUT2D eigenvalue weighted by molar-refractivity contribution is -0.266. The second-order valence-corrected chi connectivity index (χ2v) is 21.8. The second kappa shape index (κ2) is 13.4. The molecule has 0 spiro atoms. The molecule has 0 aromatic carbocycles. The van der Waals surface area contributed by atoms with Crippen molar-refractivity contribution in [2.45, 2.75) is 134 Å². The van der Waals surface area contributed by atoms with Crippen molar-refractivity contribution in [2.75, 3.05) is 20.7 Å². The zero-order valence-electron chi connectivity index (χ0n) is 24.8. The van der Waals surface area contributed by atoms with Crippen LogP contribution < -0.4 is 0 Å². The summed E-state index contributed by atoms with van der Waals surface area (Å²) in [6.07, 6.45) is 4.35. The van der Waals surface area contributed by atoms with Gasteiger partial charge in [0.1, 0.15) is 14.2 Å². The van der Waals surface area contributed by atoms with Crippen LogP contribution in [-0.2, 0) is 13.9 Å². The molecule has 1 heterocycles. The molecular weight excluding hydrogens is 486 g/mol. The summed E-state index contributed by atoms with van der Waals surface area (Å²) >= 11 is 0. The largest absolute Gasteiger partial charge is 0.412 e. The van der Waals surface area contributed by atoms with Crippen molar-refractivity contribution in [1.29, 1.82) is 0 Å². The van der Waals surface area contributed by atoms with Gasteiger partial charge < -0.3 is 29.0 Å². The van der Waals surface area contributed by atoms with Gasteiger partial charge in [0.25, 0.3) is 0 Å². The molecule has 0 bridgehead atoms. The molecule has 1 aliphatic heterocycles. The third-order valence-corrected chi connectivity index (χ3v) is 17.8. The van der Waals surface area contributed by atoms with E-state index in [1.807, 2.05) is 21.0 Å². The van der Waals surface area contributed by atoms with E-state index in [1.165, 1.54) is 0 Å². The quantitative estimate of drug-likeness (QED) is 0.295. The molecule has 2 N–H and O–H groups in total. The minimum atomic E-state index is -2.06. The van der Waals surface area contributed by atoms with Gasteiger partial charge in [0, 0.05) is 6.42 Å². The Bertz CT molecular complexity index is 782. The highest BCUT2D eigenvalue weighted by molar-refractivity contribution is 6.87. The Labute approximate surface area is 223 Å². The summed E-state index contributed by atoms with van der Waals surface area (Å²) in [6, 6.07) is 3.26. The lowest BCUT2D eigenvalue weighted by Crippen LogP contribution is -2.60. The van der Waals surface area contributed by atoms with Gasteiger partial charge >= 0.3 is 0 Å². The molecule has 36 heavy (non-hydrogen) atoms. The van der Waals surface area contributed by atoms with Gasteiger partial charge in [0.05, 0.1) is 31.3 Å². The number of rotatable bonds is 11. The van der Waals surface area contributed by atoms with Crippen molar-refractivity contribution in [3.05, 3.63) is 0 Å². The van der Waals surface area contributed by atoms with Crippen molar-refractivity contribution < 1.29 is 24.1 Å². The van der Waals surface area contributed by atoms with Crippen molar-refractivity contribution in [2.24, 2.45) is 0 Å². The maximum absolute atomic E-state index is 11.3. The molecule has 0 aliphatic carbocycles. The fourth-order valence-electron chi connectivity index (χ4n) is 4.65. The molecule has 1 saturated heterocycles. The Balaban J connectivity index is 3.15. The first-order chi connectivity index (χ1) is 16.5. The number of ether oxygens (including phenoxy) is 2. The van der Waals surface area contributed by atoms with Gasteiger partial charge in [0.15, 0.2) is 20.2 Å². The van der Waals surface area contributed by atoms with Gasteiger partial charge in [-0.15, -0.1) is 17.9 Å². The number of hydrogen-bond donors (Lipinski definition) is 2. The molecule has 0 aromatic rings. The molecule has 0 aromatic heterocycles. The average Bonchev–Trinajstić information content (AvgIpc) is 2.79. The minimum Gasteiger partial charge on any atom is -0.412 e. The van der Waals surface area contributed by atoms with E-state index in [0.29, 0.717) is 6.42 Å². The highest BCUT2D eigenvalue weighted by Crippen LogP contribution is 2.40.